The molecule has 0 saturated heterocycles. The molecular formula is C72H140O17P2. The summed E-state index contributed by atoms with van der Waals surface area (Å²) in [5.41, 5.74) is 0. The maximum absolute atomic E-state index is 13.0. The van der Waals surface area contributed by atoms with Crippen molar-refractivity contribution in [1.29, 1.82) is 0 Å². The lowest BCUT2D eigenvalue weighted by atomic mass is 9.99. The van der Waals surface area contributed by atoms with Gasteiger partial charge in [-0.1, -0.05) is 318 Å². The Morgan fingerprint density at radius 3 is 0.835 bits per heavy atom. The molecule has 0 aliphatic rings. The monoisotopic (exact) mass is 1340 g/mol. The Kier molecular flexibility index (Phi) is 62.7. The summed E-state index contributed by atoms with van der Waals surface area (Å²) in [6, 6.07) is 0. The van der Waals surface area contributed by atoms with Crippen LogP contribution >= 0.6 is 15.6 Å². The molecular weight excluding hydrogens is 1200 g/mol. The van der Waals surface area contributed by atoms with E-state index in [0.717, 1.165) is 102 Å². The van der Waals surface area contributed by atoms with E-state index in [1.165, 1.54) is 186 Å². The van der Waals surface area contributed by atoms with E-state index in [4.69, 9.17) is 37.0 Å². The van der Waals surface area contributed by atoms with Crippen LogP contribution in [0.1, 0.15) is 369 Å². The Balaban J connectivity index is 5.26. The van der Waals surface area contributed by atoms with Gasteiger partial charge in [-0.2, -0.15) is 0 Å². The van der Waals surface area contributed by atoms with Gasteiger partial charge in [0, 0.05) is 25.7 Å². The smallest absolute Gasteiger partial charge is 0.462 e. The highest BCUT2D eigenvalue weighted by atomic mass is 31.2. The molecule has 0 heterocycles. The third-order valence-electron chi connectivity index (χ3n) is 17.1. The molecule has 0 aromatic heterocycles. The number of aliphatic hydroxyl groups is 1. The summed E-state index contributed by atoms with van der Waals surface area (Å²) in [6.07, 6.45) is 49.8. The fourth-order valence-corrected chi connectivity index (χ4v) is 12.5. The Bertz CT molecular complexity index is 1770. The van der Waals surface area contributed by atoms with Crippen molar-refractivity contribution in [3.8, 4) is 0 Å². The van der Waals surface area contributed by atoms with Gasteiger partial charge in [0.2, 0.25) is 0 Å². The minimum Gasteiger partial charge on any atom is -0.462 e. The molecule has 17 nitrogen and oxygen atoms in total. The third-order valence-corrected chi connectivity index (χ3v) is 19.0. The van der Waals surface area contributed by atoms with Crippen molar-refractivity contribution in [2.75, 3.05) is 39.6 Å². The van der Waals surface area contributed by atoms with Gasteiger partial charge in [0.1, 0.15) is 19.3 Å². The van der Waals surface area contributed by atoms with Crippen LogP contribution in [-0.2, 0) is 65.4 Å². The van der Waals surface area contributed by atoms with Gasteiger partial charge in [-0.25, -0.2) is 9.13 Å². The lowest BCUT2D eigenvalue weighted by Crippen LogP contribution is -2.30. The molecule has 19 heteroatoms. The van der Waals surface area contributed by atoms with Crippen molar-refractivity contribution in [1.82, 2.24) is 0 Å². The molecule has 540 valence electrons. The topological polar surface area (TPSA) is 237 Å². The van der Waals surface area contributed by atoms with Crippen molar-refractivity contribution >= 4 is 39.5 Å². The van der Waals surface area contributed by atoms with E-state index in [1.54, 1.807) is 0 Å². The van der Waals surface area contributed by atoms with Gasteiger partial charge in [0.05, 0.1) is 26.4 Å². The number of carbonyl (C=O) groups excluding carboxylic acids is 4. The molecule has 0 amide bonds. The number of esters is 4. The zero-order valence-electron chi connectivity index (χ0n) is 59.1. The summed E-state index contributed by atoms with van der Waals surface area (Å²) in [6.45, 7) is 9.55. The first-order valence-corrected chi connectivity index (χ1v) is 40.5. The van der Waals surface area contributed by atoms with Crippen molar-refractivity contribution in [2.24, 2.45) is 11.8 Å². The number of rotatable bonds is 71. The van der Waals surface area contributed by atoms with Gasteiger partial charge in [0.15, 0.2) is 12.2 Å². The Morgan fingerprint density at radius 1 is 0.319 bits per heavy atom. The van der Waals surface area contributed by atoms with Crippen molar-refractivity contribution in [3.63, 3.8) is 0 Å². The van der Waals surface area contributed by atoms with Gasteiger partial charge >= 0.3 is 39.5 Å². The van der Waals surface area contributed by atoms with Crippen LogP contribution in [0.2, 0.25) is 0 Å². The Labute approximate surface area is 556 Å². The quantitative estimate of drug-likeness (QED) is 0.0222. The van der Waals surface area contributed by atoms with Crippen molar-refractivity contribution in [3.05, 3.63) is 0 Å². The number of phosphoric acid groups is 2. The first kappa shape index (κ1) is 89.1. The average Bonchev–Trinajstić information content (AvgIpc) is 3.72. The zero-order chi connectivity index (χ0) is 67.2. The Hall–Kier alpha value is -1.94. The first-order valence-electron chi connectivity index (χ1n) is 37.5. The molecule has 0 fully saturated rings. The maximum Gasteiger partial charge on any atom is 0.472 e. The van der Waals surface area contributed by atoms with Crippen LogP contribution in [0.15, 0.2) is 0 Å². The van der Waals surface area contributed by atoms with E-state index in [-0.39, 0.29) is 25.7 Å². The molecule has 0 saturated carbocycles. The number of aliphatic hydroxyl groups excluding tert-OH is 1. The number of hydrogen-bond donors (Lipinski definition) is 3. The van der Waals surface area contributed by atoms with Crippen LogP contribution in [0, 0.1) is 11.8 Å². The fourth-order valence-electron chi connectivity index (χ4n) is 10.9. The molecule has 0 bridgehead atoms. The van der Waals surface area contributed by atoms with Crippen LogP contribution in [0.25, 0.3) is 0 Å². The van der Waals surface area contributed by atoms with Gasteiger partial charge in [-0.05, 0) is 37.5 Å². The predicted molar refractivity (Wildman–Crippen MR) is 368 cm³/mol. The van der Waals surface area contributed by atoms with E-state index < -0.39 is 97.5 Å². The summed E-state index contributed by atoms with van der Waals surface area (Å²) >= 11 is 0. The highest BCUT2D eigenvalue weighted by molar-refractivity contribution is 7.47. The van der Waals surface area contributed by atoms with Crippen molar-refractivity contribution in [2.45, 2.75) is 387 Å². The SMILES string of the molecule is CCCCCCCCCCCCCCCCCC(=O)O[C@H](COC(=O)CCCCCCCCCCCCC(C)CC)COP(=O)(O)OC[C@@H](O)COP(=O)(O)OC[C@@H](COC(=O)CCCCCCCCCCCCC)OC(=O)CCCCCCCCCCC(C)C. The van der Waals surface area contributed by atoms with Crippen LogP contribution in [0.3, 0.4) is 0 Å². The molecule has 0 spiro atoms. The van der Waals surface area contributed by atoms with E-state index in [2.05, 4.69) is 41.5 Å². The molecule has 0 aliphatic heterocycles. The molecule has 0 radical (unpaired) electrons. The average molecular weight is 1340 g/mol. The zero-order valence-corrected chi connectivity index (χ0v) is 60.9. The molecule has 6 atom stereocenters. The number of hydrogen-bond acceptors (Lipinski definition) is 15. The highest BCUT2D eigenvalue weighted by Gasteiger charge is 2.30. The van der Waals surface area contributed by atoms with Crippen LogP contribution in [-0.4, -0.2) is 96.7 Å². The molecule has 3 unspecified atom stereocenters. The number of phosphoric ester groups is 2. The van der Waals surface area contributed by atoms with E-state index in [1.807, 2.05) is 0 Å². The molecule has 3 N–H and O–H groups in total. The van der Waals surface area contributed by atoms with Gasteiger partial charge in [-0.3, -0.25) is 37.3 Å². The second-order valence-corrected chi connectivity index (χ2v) is 29.6. The predicted octanol–water partition coefficient (Wildman–Crippen LogP) is 20.8. The summed E-state index contributed by atoms with van der Waals surface area (Å²) < 4.78 is 68.4. The van der Waals surface area contributed by atoms with Gasteiger partial charge in [-0.15, -0.1) is 0 Å². The number of ether oxygens (including phenoxy) is 4. The first-order chi connectivity index (χ1) is 43.9. The van der Waals surface area contributed by atoms with Crippen molar-refractivity contribution < 1.29 is 80.2 Å². The lowest BCUT2D eigenvalue weighted by Gasteiger charge is -2.21. The molecule has 0 rings (SSSR count). The molecule has 91 heavy (non-hydrogen) atoms. The van der Waals surface area contributed by atoms with E-state index in [0.29, 0.717) is 25.7 Å². The van der Waals surface area contributed by atoms with Crippen LogP contribution < -0.4 is 0 Å². The second-order valence-electron chi connectivity index (χ2n) is 26.7. The third kappa shape index (κ3) is 65.1. The maximum atomic E-state index is 13.0. The van der Waals surface area contributed by atoms with E-state index in [9.17, 15) is 43.2 Å². The number of carbonyl (C=O) groups is 4. The minimum atomic E-state index is -4.95. The van der Waals surface area contributed by atoms with Gasteiger partial charge in [0.25, 0.3) is 0 Å². The van der Waals surface area contributed by atoms with Crippen LogP contribution in [0.4, 0.5) is 0 Å². The normalized spacial score (nSPS) is 14.4. The minimum absolute atomic E-state index is 0.105. The summed E-state index contributed by atoms with van der Waals surface area (Å²) in [5, 5.41) is 10.6. The largest absolute Gasteiger partial charge is 0.472 e. The molecule has 0 aliphatic carbocycles. The second kappa shape index (κ2) is 64.1. The summed E-state index contributed by atoms with van der Waals surface area (Å²) in [5.74, 6) is -0.593. The summed E-state index contributed by atoms with van der Waals surface area (Å²) in [4.78, 5) is 72.6. The highest BCUT2D eigenvalue weighted by Crippen LogP contribution is 2.45. The van der Waals surface area contributed by atoms with Crippen LogP contribution in [0.5, 0.6) is 0 Å². The lowest BCUT2D eigenvalue weighted by molar-refractivity contribution is -0.161. The van der Waals surface area contributed by atoms with E-state index >= 15 is 0 Å². The molecule has 0 aromatic rings. The summed E-state index contributed by atoms with van der Waals surface area (Å²) in [7, 11) is -9.90. The van der Waals surface area contributed by atoms with Gasteiger partial charge < -0.3 is 33.8 Å². The number of unbranched alkanes of at least 4 members (excludes halogenated alkanes) is 40. The fraction of sp³-hybridized carbons (Fsp3) is 0.944. The Morgan fingerprint density at radius 2 is 0.560 bits per heavy atom. The standard InChI is InChI=1S/C72H140O17P2/c1-7-10-12-14-16-18-20-21-22-23-25-31-38-44-50-56-71(76)88-67(60-83-70(75)55-49-43-37-30-27-26-28-35-41-47-53-65(6)9-3)62-86-90(78,79)84-58-66(73)59-85-91(80,81)87-63-68(89-72(77)57-51-45-39-33-32-34-40-46-52-64(4)5)61-82-69(74)54-48-42-36-29-24-19-17-15-13-11-8-2/h64-68,73H,7-63H2,1-6H3,(H,78,79)(H,80,81)/t65?,66-,67-,68-/m1/s1. The molecule has 0 aromatic carbocycles.